The van der Waals surface area contributed by atoms with E-state index in [1.54, 1.807) is 51.1 Å². The van der Waals surface area contributed by atoms with Gasteiger partial charge in [-0.3, -0.25) is 4.90 Å². The van der Waals surface area contributed by atoms with Crippen LogP contribution in [0.4, 0.5) is 4.79 Å². The summed E-state index contributed by atoms with van der Waals surface area (Å²) in [5.41, 5.74) is 0.966. The second-order valence-electron chi connectivity index (χ2n) is 6.32. The van der Waals surface area contributed by atoms with E-state index in [4.69, 9.17) is 9.47 Å². The number of rotatable bonds is 2. The molecule has 1 unspecified atom stereocenters. The van der Waals surface area contributed by atoms with Crippen molar-refractivity contribution < 1.29 is 24.2 Å². The van der Waals surface area contributed by atoms with Gasteiger partial charge in [-0.25, -0.2) is 9.59 Å². The molecule has 0 aliphatic carbocycles. The zero-order chi connectivity index (χ0) is 17.2. The third kappa shape index (κ3) is 4.03. The fraction of sp³-hybridized carbons (Fsp3) is 0.412. The van der Waals surface area contributed by atoms with Gasteiger partial charge in [0.15, 0.2) is 6.04 Å². The highest BCUT2D eigenvalue weighted by molar-refractivity contribution is 5.90. The molecule has 0 aromatic heterocycles. The maximum Gasteiger partial charge on any atom is 0.411 e. The molecule has 124 valence electrons. The summed E-state index contributed by atoms with van der Waals surface area (Å²) in [5.74, 6) is -0.370. The average Bonchev–Trinajstić information content (AvgIpc) is 2.90. The lowest BCUT2D eigenvalue weighted by molar-refractivity contribution is -0.144. The van der Waals surface area contributed by atoms with Crippen molar-refractivity contribution in [2.24, 2.45) is 0 Å². The first-order valence-corrected chi connectivity index (χ1v) is 7.29. The predicted molar refractivity (Wildman–Crippen MR) is 84.8 cm³/mol. The summed E-state index contributed by atoms with van der Waals surface area (Å²) in [7, 11) is 1.28. The van der Waals surface area contributed by atoms with Gasteiger partial charge in [-0.15, -0.1) is 0 Å². The van der Waals surface area contributed by atoms with E-state index in [-0.39, 0.29) is 12.3 Å². The van der Waals surface area contributed by atoms with Crippen LogP contribution in [-0.4, -0.2) is 47.4 Å². The van der Waals surface area contributed by atoms with Gasteiger partial charge in [0.25, 0.3) is 0 Å². The van der Waals surface area contributed by atoms with Crippen LogP contribution < -0.4 is 0 Å². The van der Waals surface area contributed by atoms with Crippen LogP contribution in [0.1, 0.15) is 26.3 Å². The Hall–Kier alpha value is -2.50. The topological polar surface area (TPSA) is 76.1 Å². The summed E-state index contributed by atoms with van der Waals surface area (Å²) in [4.78, 5) is 25.6. The number of amides is 1. The lowest BCUT2D eigenvalue weighted by Crippen LogP contribution is -2.44. The number of esters is 1. The highest BCUT2D eigenvalue weighted by atomic mass is 16.6. The fourth-order valence-electron chi connectivity index (χ4n) is 2.29. The number of carbonyl (C=O) groups is 2. The molecule has 1 amide bonds. The summed E-state index contributed by atoms with van der Waals surface area (Å²) in [5, 5.41) is 9.37. The number of ether oxygens (including phenoxy) is 2. The molecule has 6 nitrogen and oxygen atoms in total. The summed E-state index contributed by atoms with van der Waals surface area (Å²) in [6.07, 6.45) is 1.11. The number of carbonyl (C=O) groups excluding carboxylic acids is 2. The first-order chi connectivity index (χ1) is 10.7. The number of methoxy groups -OCH3 is 1. The molecule has 0 spiro atoms. The zero-order valence-corrected chi connectivity index (χ0v) is 13.7. The summed E-state index contributed by atoms with van der Waals surface area (Å²) in [6.45, 7) is 5.53. The Kier molecular flexibility index (Phi) is 4.63. The fourth-order valence-corrected chi connectivity index (χ4v) is 2.29. The highest BCUT2D eigenvalue weighted by Gasteiger charge is 2.37. The molecular formula is C17H21NO5. The van der Waals surface area contributed by atoms with E-state index in [9.17, 15) is 14.7 Å². The number of aromatic hydroxyl groups is 1. The van der Waals surface area contributed by atoms with Crippen LogP contribution in [0.3, 0.4) is 0 Å². The molecular weight excluding hydrogens is 298 g/mol. The second kappa shape index (κ2) is 6.32. The van der Waals surface area contributed by atoms with Gasteiger partial charge in [-0.05, 0) is 50.1 Å². The Morgan fingerprint density at radius 2 is 1.83 bits per heavy atom. The van der Waals surface area contributed by atoms with E-state index >= 15 is 0 Å². The zero-order valence-electron chi connectivity index (χ0n) is 13.7. The molecule has 0 saturated heterocycles. The van der Waals surface area contributed by atoms with Gasteiger partial charge < -0.3 is 14.6 Å². The molecule has 6 heteroatoms. The molecule has 1 N–H and O–H groups in total. The van der Waals surface area contributed by atoms with E-state index in [0.29, 0.717) is 0 Å². The molecule has 1 aromatic rings. The van der Waals surface area contributed by atoms with Gasteiger partial charge in [0.2, 0.25) is 0 Å². The van der Waals surface area contributed by atoms with Crippen LogP contribution in [0.5, 0.6) is 5.75 Å². The van der Waals surface area contributed by atoms with Crippen molar-refractivity contribution in [2.75, 3.05) is 13.7 Å². The quantitative estimate of drug-likeness (QED) is 0.848. The number of nitrogens with zero attached hydrogens (tertiary/aromatic N) is 1. The van der Waals surface area contributed by atoms with E-state index in [2.05, 4.69) is 0 Å². The lowest BCUT2D eigenvalue weighted by atomic mass is 10.1. The van der Waals surface area contributed by atoms with Crippen molar-refractivity contribution in [3.63, 3.8) is 0 Å². The molecule has 2 rings (SSSR count). The Morgan fingerprint density at radius 1 is 1.22 bits per heavy atom. The van der Waals surface area contributed by atoms with E-state index in [1.807, 2.05) is 0 Å². The average molecular weight is 319 g/mol. The van der Waals surface area contributed by atoms with Gasteiger partial charge in [-0.1, -0.05) is 12.1 Å². The minimum absolute atomic E-state index is 0.154. The molecule has 1 aliphatic heterocycles. The van der Waals surface area contributed by atoms with E-state index in [0.717, 1.165) is 11.1 Å². The summed E-state index contributed by atoms with van der Waals surface area (Å²) in [6, 6.07) is 5.75. The van der Waals surface area contributed by atoms with Gasteiger partial charge in [0.1, 0.15) is 11.4 Å². The molecule has 0 bridgehead atoms. The molecule has 1 aromatic carbocycles. The standard InChI is InChI=1S/C17H21NO5/c1-17(2,3)23-16(21)18-10-12(9-14(18)15(20)22-4)11-5-7-13(19)8-6-11/h5-9,14,19H,10H2,1-4H3. The van der Waals surface area contributed by atoms with Crippen molar-refractivity contribution >= 4 is 17.6 Å². The Morgan fingerprint density at radius 3 is 2.35 bits per heavy atom. The molecule has 1 heterocycles. The number of phenols is 1. The summed E-state index contributed by atoms with van der Waals surface area (Å²) >= 11 is 0. The van der Waals surface area contributed by atoms with Crippen LogP contribution in [0.2, 0.25) is 0 Å². The smallest absolute Gasteiger partial charge is 0.411 e. The van der Waals surface area contributed by atoms with Crippen molar-refractivity contribution in [3.05, 3.63) is 35.9 Å². The molecule has 1 aliphatic rings. The van der Waals surface area contributed by atoms with Crippen molar-refractivity contribution in [2.45, 2.75) is 32.4 Å². The minimum Gasteiger partial charge on any atom is -0.508 e. The first kappa shape index (κ1) is 16.9. The van der Waals surface area contributed by atoms with Crippen molar-refractivity contribution in [3.8, 4) is 5.75 Å². The highest BCUT2D eigenvalue weighted by Crippen LogP contribution is 2.28. The SMILES string of the molecule is COC(=O)C1C=C(c2ccc(O)cc2)CN1C(=O)OC(C)(C)C. The predicted octanol–water partition coefficient (Wildman–Crippen LogP) is 2.57. The number of hydrogen-bond donors (Lipinski definition) is 1. The maximum absolute atomic E-state index is 12.3. The largest absolute Gasteiger partial charge is 0.508 e. The lowest BCUT2D eigenvalue weighted by Gasteiger charge is -2.27. The van der Waals surface area contributed by atoms with Gasteiger partial charge in [0, 0.05) is 0 Å². The van der Waals surface area contributed by atoms with Crippen LogP contribution >= 0.6 is 0 Å². The van der Waals surface area contributed by atoms with Crippen LogP contribution in [0, 0.1) is 0 Å². The van der Waals surface area contributed by atoms with Gasteiger partial charge in [0.05, 0.1) is 13.7 Å². The molecule has 1 atom stereocenters. The van der Waals surface area contributed by atoms with Crippen LogP contribution in [-0.2, 0) is 14.3 Å². The molecule has 0 saturated carbocycles. The molecule has 0 fully saturated rings. The first-order valence-electron chi connectivity index (χ1n) is 7.29. The third-order valence-electron chi connectivity index (χ3n) is 3.34. The van der Waals surface area contributed by atoms with Crippen LogP contribution in [0.15, 0.2) is 30.3 Å². The molecule has 23 heavy (non-hydrogen) atoms. The number of phenolic OH excluding ortho intramolecular Hbond substituents is 1. The van der Waals surface area contributed by atoms with Gasteiger partial charge >= 0.3 is 12.1 Å². The Balaban J connectivity index is 2.26. The van der Waals surface area contributed by atoms with E-state index < -0.39 is 23.7 Å². The Labute approximate surface area is 135 Å². The van der Waals surface area contributed by atoms with Crippen molar-refractivity contribution in [1.82, 2.24) is 4.90 Å². The number of benzene rings is 1. The summed E-state index contributed by atoms with van der Waals surface area (Å²) < 4.78 is 10.1. The number of hydrogen-bond acceptors (Lipinski definition) is 5. The second-order valence-corrected chi connectivity index (χ2v) is 6.32. The minimum atomic E-state index is -0.821. The van der Waals surface area contributed by atoms with E-state index in [1.165, 1.54) is 12.0 Å². The maximum atomic E-state index is 12.3. The van der Waals surface area contributed by atoms with Crippen LogP contribution in [0.25, 0.3) is 5.57 Å². The van der Waals surface area contributed by atoms with Crippen molar-refractivity contribution in [1.29, 1.82) is 0 Å². The Bertz CT molecular complexity index is 627. The third-order valence-corrected chi connectivity index (χ3v) is 3.34. The molecule has 0 radical (unpaired) electrons. The normalized spacial score (nSPS) is 17.7. The van der Waals surface area contributed by atoms with Gasteiger partial charge in [-0.2, -0.15) is 0 Å². The monoisotopic (exact) mass is 319 g/mol.